The van der Waals surface area contributed by atoms with E-state index in [2.05, 4.69) is 21.3 Å². The number of nitrogens with one attached hydrogen (secondary N) is 5. The van der Waals surface area contributed by atoms with Crippen molar-refractivity contribution in [2.24, 2.45) is 17.6 Å². The Morgan fingerprint density at radius 2 is 1.33 bits per heavy atom. The zero-order valence-corrected chi connectivity index (χ0v) is 26.1. The van der Waals surface area contributed by atoms with Gasteiger partial charge in [0.05, 0.1) is 25.3 Å². The molecule has 0 spiro atoms. The van der Waals surface area contributed by atoms with Crippen molar-refractivity contribution in [1.29, 1.82) is 0 Å². The van der Waals surface area contributed by atoms with E-state index < -0.39 is 90.9 Å². The Morgan fingerprint density at radius 1 is 0.778 bits per heavy atom. The molecule has 0 bridgehead atoms. The summed E-state index contributed by atoms with van der Waals surface area (Å²) in [6.07, 6.45) is -1.07. The first-order valence-corrected chi connectivity index (χ1v) is 14.5. The van der Waals surface area contributed by atoms with E-state index >= 15 is 0 Å². The maximum absolute atomic E-state index is 13.0. The Morgan fingerprint density at radius 3 is 1.82 bits per heavy atom. The molecule has 0 aliphatic carbocycles. The largest absolute Gasteiger partial charge is 0.508 e. The highest BCUT2D eigenvalue weighted by Gasteiger charge is 2.33. The SMILES string of the molecule is CC(C)C[C@H](NC(=O)[C@@H](N)Cc1ccc(O)cc1)C(=O)NCC(=O)N[C@H](C(=O)N[C@H](C(=O)N[C@@H](CO)C(=O)O)[C@@H](C)O)C(C)C. The predicted molar refractivity (Wildman–Crippen MR) is 161 cm³/mol. The molecule has 16 nitrogen and oxygen atoms in total. The van der Waals surface area contributed by atoms with Gasteiger partial charge in [-0.15, -0.1) is 0 Å². The smallest absolute Gasteiger partial charge is 0.328 e. The summed E-state index contributed by atoms with van der Waals surface area (Å²) >= 11 is 0. The molecule has 1 aromatic rings. The van der Waals surface area contributed by atoms with Crippen molar-refractivity contribution in [1.82, 2.24) is 26.6 Å². The van der Waals surface area contributed by atoms with E-state index in [4.69, 9.17) is 15.9 Å². The van der Waals surface area contributed by atoms with Gasteiger partial charge in [-0.05, 0) is 49.3 Å². The average molecular weight is 639 g/mol. The van der Waals surface area contributed by atoms with E-state index in [1.54, 1.807) is 26.0 Å². The number of nitrogens with two attached hydrogens (primary N) is 1. The Bertz CT molecular complexity index is 1170. The predicted octanol–water partition coefficient (Wildman–Crippen LogP) is -2.52. The maximum atomic E-state index is 13.0. The van der Waals surface area contributed by atoms with E-state index in [1.807, 2.05) is 19.2 Å². The Hall–Kier alpha value is -4.28. The summed E-state index contributed by atoms with van der Waals surface area (Å²) in [5.74, 6) is -5.93. The minimum atomic E-state index is -1.67. The van der Waals surface area contributed by atoms with Crippen LogP contribution in [-0.4, -0.2) is 105 Å². The number of aromatic hydroxyl groups is 1. The molecule has 45 heavy (non-hydrogen) atoms. The first kappa shape index (κ1) is 38.7. The molecule has 1 aromatic carbocycles. The molecule has 0 fully saturated rings. The molecule has 0 unspecified atom stereocenters. The van der Waals surface area contributed by atoms with Crippen molar-refractivity contribution < 1.29 is 49.2 Å². The zero-order chi connectivity index (χ0) is 34.4. The number of aliphatic hydroxyl groups is 2. The minimum absolute atomic E-state index is 0.0144. The molecule has 0 aliphatic heterocycles. The minimum Gasteiger partial charge on any atom is -0.508 e. The van der Waals surface area contributed by atoms with Crippen LogP contribution in [0.4, 0.5) is 0 Å². The lowest BCUT2D eigenvalue weighted by Gasteiger charge is -2.27. The lowest BCUT2D eigenvalue weighted by Crippen LogP contribution is -2.60. The fraction of sp³-hybridized carbons (Fsp3) is 0.586. The molecular weight excluding hydrogens is 592 g/mol. The van der Waals surface area contributed by atoms with Crippen LogP contribution in [0.15, 0.2) is 24.3 Å². The third-order valence-corrected chi connectivity index (χ3v) is 6.62. The number of carboxylic acids is 1. The lowest BCUT2D eigenvalue weighted by atomic mass is 10.0. The highest BCUT2D eigenvalue weighted by molar-refractivity contribution is 5.95. The van der Waals surface area contributed by atoms with Gasteiger partial charge < -0.3 is 52.7 Å². The van der Waals surface area contributed by atoms with Gasteiger partial charge in [-0.2, -0.15) is 0 Å². The van der Waals surface area contributed by atoms with Crippen LogP contribution in [-0.2, 0) is 35.2 Å². The number of aliphatic carboxylic acids is 1. The summed E-state index contributed by atoms with van der Waals surface area (Å²) < 4.78 is 0. The highest BCUT2D eigenvalue weighted by atomic mass is 16.4. The van der Waals surface area contributed by atoms with Crippen molar-refractivity contribution in [3.05, 3.63) is 29.8 Å². The monoisotopic (exact) mass is 638 g/mol. The molecule has 0 saturated heterocycles. The number of aliphatic hydroxyl groups excluding tert-OH is 2. The number of hydrogen-bond acceptors (Lipinski definition) is 10. The van der Waals surface area contributed by atoms with Gasteiger partial charge in [0.1, 0.15) is 29.9 Å². The number of phenolic OH excluding ortho intramolecular Hbond substituents is 1. The summed E-state index contributed by atoms with van der Waals surface area (Å²) in [7, 11) is 0. The second kappa shape index (κ2) is 18.5. The standard InChI is InChI=1S/C29H46N6O10/c1-14(2)10-20(32-25(40)19(30)11-17-6-8-18(38)9-7-17)26(41)31-12-22(39)34-23(15(3)4)27(42)35-24(16(5)37)28(43)33-21(13-36)29(44)45/h6-9,14-16,19-21,23-24,36-38H,10-13,30H2,1-5H3,(H,31,41)(H,32,40)(H,33,43)(H,34,39)(H,35,42)(H,44,45)/t16-,19+,20+,21+,23+,24+/m1/s1. The van der Waals surface area contributed by atoms with Crippen molar-refractivity contribution >= 4 is 35.5 Å². The molecule has 0 heterocycles. The molecule has 11 N–H and O–H groups in total. The third-order valence-electron chi connectivity index (χ3n) is 6.62. The van der Waals surface area contributed by atoms with Crippen molar-refractivity contribution in [3.63, 3.8) is 0 Å². The molecule has 5 amide bonds. The second-order valence-corrected chi connectivity index (χ2v) is 11.5. The van der Waals surface area contributed by atoms with Crippen molar-refractivity contribution in [3.8, 4) is 5.75 Å². The van der Waals surface area contributed by atoms with Gasteiger partial charge in [0.25, 0.3) is 0 Å². The molecule has 0 saturated carbocycles. The number of amides is 5. The van der Waals surface area contributed by atoms with Crippen molar-refractivity contribution in [2.75, 3.05) is 13.2 Å². The summed E-state index contributed by atoms with van der Waals surface area (Å²) in [5, 5.41) is 49.4. The van der Waals surface area contributed by atoms with E-state index in [9.17, 15) is 39.0 Å². The fourth-order valence-electron chi connectivity index (χ4n) is 4.11. The number of hydrogen-bond donors (Lipinski definition) is 10. The van der Waals surface area contributed by atoms with Gasteiger partial charge in [-0.25, -0.2) is 4.79 Å². The molecule has 0 aliphatic rings. The van der Waals surface area contributed by atoms with Gasteiger partial charge in [0.15, 0.2) is 0 Å². The Balaban J connectivity index is 2.84. The van der Waals surface area contributed by atoms with Crippen LogP contribution in [0.5, 0.6) is 5.75 Å². The van der Waals surface area contributed by atoms with Gasteiger partial charge in [0, 0.05) is 0 Å². The molecule has 16 heteroatoms. The first-order valence-electron chi connectivity index (χ1n) is 14.5. The molecule has 0 radical (unpaired) electrons. The second-order valence-electron chi connectivity index (χ2n) is 11.5. The third kappa shape index (κ3) is 13.5. The Labute approximate surface area is 261 Å². The maximum Gasteiger partial charge on any atom is 0.328 e. The van der Waals surface area contributed by atoms with E-state index in [-0.39, 0.29) is 24.5 Å². The van der Waals surface area contributed by atoms with E-state index in [0.717, 1.165) is 0 Å². The van der Waals surface area contributed by atoms with Crippen LogP contribution < -0.4 is 32.3 Å². The number of rotatable bonds is 18. The van der Waals surface area contributed by atoms with Crippen LogP contribution >= 0.6 is 0 Å². The lowest BCUT2D eigenvalue weighted by molar-refractivity contribution is -0.144. The quantitative estimate of drug-likeness (QED) is 0.0801. The van der Waals surface area contributed by atoms with E-state index in [0.29, 0.717) is 5.56 Å². The first-order chi connectivity index (χ1) is 21.0. The van der Waals surface area contributed by atoms with Crippen LogP contribution in [0.3, 0.4) is 0 Å². The zero-order valence-electron chi connectivity index (χ0n) is 26.1. The molecule has 0 aromatic heterocycles. The normalized spacial score (nSPS) is 15.2. The van der Waals surface area contributed by atoms with Crippen LogP contribution in [0.1, 0.15) is 46.6 Å². The molecular formula is C29H46N6O10. The number of carboxylic acid groups (broad SMARTS) is 1. The summed E-state index contributed by atoms with van der Waals surface area (Å²) in [6.45, 7) is 6.58. The van der Waals surface area contributed by atoms with E-state index in [1.165, 1.54) is 19.1 Å². The summed E-state index contributed by atoms with van der Waals surface area (Å²) in [4.78, 5) is 75.1. The number of phenols is 1. The number of carbonyl (C=O) groups is 6. The number of carbonyl (C=O) groups excluding carboxylic acids is 5. The van der Waals surface area contributed by atoms with Gasteiger partial charge in [0.2, 0.25) is 29.5 Å². The number of benzene rings is 1. The molecule has 252 valence electrons. The Kier molecular flexibility index (Phi) is 15.9. The van der Waals surface area contributed by atoms with Gasteiger partial charge in [-0.1, -0.05) is 39.8 Å². The van der Waals surface area contributed by atoms with Gasteiger partial charge in [-0.3, -0.25) is 24.0 Å². The van der Waals surface area contributed by atoms with Crippen LogP contribution in [0.25, 0.3) is 0 Å². The van der Waals surface area contributed by atoms with Crippen LogP contribution in [0, 0.1) is 11.8 Å². The molecule has 6 atom stereocenters. The highest BCUT2D eigenvalue weighted by Crippen LogP contribution is 2.12. The fourth-order valence-corrected chi connectivity index (χ4v) is 4.11. The summed E-state index contributed by atoms with van der Waals surface area (Å²) in [5.41, 5.74) is 6.73. The topological polar surface area (TPSA) is 270 Å². The summed E-state index contributed by atoms with van der Waals surface area (Å²) in [6, 6.07) is -0.331. The molecule has 1 rings (SSSR count). The van der Waals surface area contributed by atoms with Crippen molar-refractivity contribution in [2.45, 2.75) is 83.8 Å². The average Bonchev–Trinajstić information content (AvgIpc) is 2.95. The van der Waals surface area contributed by atoms with Gasteiger partial charge >= 0.3 is 5.97 Å². The van der Waals surface area contributed by atoms with Crippen LogP contribution in [0.2, 0.25) is 0 Å².